The minimum atomic E-state index is -1.18. The molecule has 2 bridgehead atoms. The first kappa shape index (κ1) is 18.1. The summed E-state index contributed by atoms with van der Waals surface area (Å²) in [7, 11) is 1.51. The van der Waals surface area contributed by atoms with Gasteiger partial charge in [0.2, 0.25) is 11.8 Å². The summed E-state index contributed by atoms with van der Waals surface area (Å²) in [6.45, 7) is 0. The molecule has 5 heteroatoms. The van der Waals surface area contributed by atoms with Crippen LogP contribution >= 0.6 is 0 Å². The fraction of sp³-hybridized carbons (Fsp3) is 0.192. The maximum Gasteiger partial charge on any atom is 0.239 e. The molecule has 0 spiro atoms. The van der Waals surface area contributed by atoms with Crippen LogP contribution in [0.3, 0.4) is 0 Å². The molecule has 0 radical (unpaired) electrons. The molecule has 2 atom stereocenters. The van der Waals surface area contributed by atoms with Crippen LogP contribution in [0.15, 0.2) is 72.8 Å². The highest BCUT2D eigenvalue weighted by molar-refractivity contribution is 6.25. The third-order valence-electron chi connectivity index (χ3n) is 7.20. The Balaban J connectivity index is 1.65. The molecule has 0 saturated carbocycles. The molecule has 1 heterocycles. The van der Waals surface area contributed by atoms with Gasteiger partial charge in [-0.05, 0) is 34.4 Å². The van der Waals surface area contributed by atoms with Crippen LogP contribution in [-0.2, 0) is 19.8 Å². The standard InChI is InChI=1S/C26H19NO4/c1-31-20-13-7-6-12-19(20)27-24(29)22-21-15-8-2-4-10-17(15)26(14-28,23(22)25(27)30)18-11-5-3-9-16(18)21/h2-14,21-23H,1H3/t21?,22-,23+,26?/m1/s1. The highest BCUT2D eigenvalue weighted by Gasteiger charge is 2.68. The summed E-state index contributed by atoms with van der Waals surface area (Å²) in [4.78, 5) is 41.9. The van der Waals surface area contributed by atoms with Gasteiger partial charge in [0.25, 0.3) is 0 Å². The predicted octanol–water partition coefficient (Wildman–Crippen LogP) is 3.44. The zero-order valence-electron chi connectivity index (χ0n) is 16.8. The summed E-state index contributed by atoms with van der Waals surface area (Å²) in [5.41, 5.74) is 2.81. The first-order chi connectivity index (χ1) is 15.1. The van der Waals surface area contributed by atoms with E-state index < -0.39 is 17.3 Å². The van der Waals surface area contributed by atoms with Gasteiger partial charge in [0, 0.05) is 5.92 Å². The lowest BCUT2D eigenvalue weighted by Gasteiger charge is -2.51. The van der Waals surface area contributed by atoms with Crippen LogP contribution in [0.5, 0.6) is 5.75 Å². The van der Waals surface area contributed by atoms with E-state index in [9.17, 15) is 14.4 Å². The number of carbonyl (C=O) groups excluding carboxylic acids is 3. The number of para-hydroxylation sites is 2. The summed E-state index contributed by atoms with van der Waals surface area (Å²) in [6.07, 6.45) is 0.884. The van der Waals surface area contributed by atoms with Crippen LogP contribution in [0.1, 0.15) is 28.2 Å². The van der Waals surface area contributed by atoms with Crippen molar-refractivity contribution in [2.75, 3.05) is 12.0 Å². The molecule has 3 aromatic rings. The average molecular weight is 409 g/mol. The molecule has 152 valence electrons. The van der Waals surface area contributed by atoms with Crippen LogP contribution in [0.2, 0.25) is 0 Å². The summed E-state index contributed by atoms with van der Waals surface area (Å²) >= 11 is 0. The summed E-state index contributed by atoms with van der Waals surface area (Å²) in [6, 6.07) is 22.4. The highest BCUT2D eigenvalue weighted by atomic mass is 16.5. The Labute approximate surface area is 179 Å². The van der Waals surface area contributed by atoms with Gasteiger partial charge >= 0.3 is 0 Å². The van der Waals surface area contributed by atoms with Gasteiger partial charge in [0.1, 0.15) is 12.0 Å². The highest BCUT2D eigenvalue weighted by Crippen LogP contribution is 2.63. The minimum Gasteiger partial charge on any atom is -0.495 e. The van der Waals surface area contributed by atoms with Crippen molar-refractivity contribution in [1.29, 1.82) is 0 Å². The number of methoxy groups -OCH3 is 1. The Hall–Kier alpha value is -3.73. The zero-order valence-corrected chi connectivity index (χ0v) is 16.8. The van der Waals surface area contributed by atoms with Gasteiger partial charge in [0.05, 0.1) is 30.0 Å². The molecular formula is C26H19NO4. The number of rotatable bonds is 3. The summed E-state index contributed by atoms with van der Waals surface area (Å²) in [5, 5.41) is 0. The number of carbonyl (C=O) groups is 3. The molecule has 4 aliphatic rings. The second-order valence-corrected chi connectivity index (χ2v) is 8.33. The smallest absolute Gasteiger partial charge is 0.239 e. The second-order valence-electron chi connectivity index (χ2n) is 8.33. The number of anilines is 1. The molecule has 7 rings (SSSR count). The monoisotopic (exact) mass is 409 g/mol. The van der Waals surface area contributed by atoms with E-state index in [2.05, 4.69) is 0 Å². The van der Waals surface area contributed by atoms with Crippen molar-refractivity contribution in [2.24, 2.45) is 11.8 Å². The number of benzene rings is 3. The van der Waals surface area contributed by atoms with Crippen LogP contribution in [0.25, 0.3) is 0 Å². The van der Waals surface area contributed by atoms with E-state index in [0.29, 0.717) is 11.4 Å². The first-order valence-electron chi connectivity index (χ1n) is 10.3. The Kier molecular flexibility index (Phi) is 3.58. The fourth-order valence-corrected chi connectivity index (χ4v) is 6.08. The number of imide groups is 1. The largest absolute Gasteiger partial charge is 0.495 e. The lowest BCUT2D eigenvalue weighted by atomic mass is 9.48. The Morgan fingerprint density at radius 1 is 0.839 bits per heavy atom. The number of hydrogen-bond donors (Lipinski definition) is 0. The number of aldehydes is 1. The van der Waals surface area contributed by atoms with E-state index >= 15 is 0 Å². The second kappa shape index (κ2) is 6.14. The van der Waals surface area contributed by atoms with Crippen LogP contribution in [-0.4, -0.2) is 25.2 Å². The zero-order chi connectivity index (χ0) is 21.3. The van der Waals surface area contributed by atoms with E-state index in [1.165, 1.54) is 12.0 Å². The lowest BCUT2D eigenvalue weighted by Crippen LogP contribution is -2.54. The van der Waals surface area contributed by atoms with Gasteiger partial charge in [-0.25, -0.2) is 4.90 Å². The van der Waals surface area contributed by atoms with Gasteiger partial charge in [-0.15, -0.1) is 0 Å². The molecule has 0 unspecified atom stereocenters. The van der Waals surface area contributed by atoms with Crippen molar-refractivity contribution in [3.63, 3.8) is 0 Å². The molecule has 31 heavy (non-hydrogen) atoms. The van der Waals surface area contributed by atoms with Gasteiger partial charge < -0.3 is 9.53 Å². The quantitative estimate of drug-likeness (QED) is 0.491. The molecule has 5 nitrogen and oxygen atoms in total. The molecule has 3 aliphatic carbocycles. The van der Waals surface area contributed by atoms with Crippen molar-refractivity contribution < 1.29 is 19.1 Å². The first-order valence-corrected chi connectivity index (χ1v) is 10.3. The third-order valence-corrected chi connectivity index (χ3v) is 7.20. The Morgan fingerprint density at radius 2 is 1.42 bits per heavy atom. The lowest BCUT2D eigenvalue weighted by molar-refractivity contribution is -0.128. The molecule has 1 fully saturated rings. The van der Waals surface area contributed by atoms with Crippen molar-refractivity contribution >= 4 is 23.8 Å². The van der Waals surface area contributed by atoms with E-state index in [0.717, 1.165) is 28.5 Å². The molecule has 2 amide bonds. The van der Waals surface area contributed by atoms with E-state index in [4.69, 9.17) is 4.74 Å². The van der Waals surface area contributed by atoms with Crippen LogP contribution < -0.4 is 9.64 Å². The normalized spacial score (nSPS) is 27.5. The van der Waals surface area contributed by atoms with Gasteiger partial charge in [0.15, 0.2) is 0 Å². The Bertz CT molecular complexity index is 1230. The number of ether oxygens (including phenoxy) is 1. The molecule has 1 saturated heterocycles. The fourth-order valence-electron chi connectivity index (χ4n) is 6.08. The van der Waals surface area contributed by atoms with Gasteiger partial charge in [-0.3, -0.25) is 9.59 Å². The number of hydrogen-bond acceptors (Lipinski definition) is 4. The van der Waals surface area contributed by atoms with Crippen molar-refractivity contribution in [2.45, 2.75) is 11.3 Å². The number of amides is 2. The Morgan fingerprint density at radius 3 is 2.03 bits per heavy atom. The van der Waals surface area contributed by atoms with Gasteiger partial charge in [-0.2, -0.15) is 0 Å². The molecular weight excluding hydrogens is 390 g/mol. The minimum absolute atomic E-state index is 0.268. The topological polar surface area (TPSA) is 63.7 Å². The SMILES string of the molecule is COc1ccccc1N1C(=O)[C@@H]2C3c4ccccc4C(C=O)(c4ccccc43)[C@@H]2C1=O. The third kappa shape index (κ3) is 1.99. The maximum atomic E-state index is 13.9. The van der Waals surface area contributed by atoms with E-state index in [1.54, 1.807) is 24.3 Å². The van der Waals surface area contributed by atoms with Crippen molar-refractivity contribution in [3.05, 3.63) is 95.1 Å². The molecule has 1 aliphatic heterocycles. The van der Waals surface area contributed by atoms with Crippen molar-refractivity contribution in [1.82, 2.24) is 0 Å². The van der Waals surface area contributed by atoms with Crippen molar-refractivity contribution in [3.8, 4) is 5.75 Å². The predicted molar refractivity (Wildman–Crippen MR) is 114 cm³/mol. The molecule has 3 aromatic carbocycles. The molecule has 0 N–H and O–H groups in total. The van der Waals surface area contributed by atoms with Crippen LogP contribution in [0, 0.1) is 11.8 Å². The van der Waals surface area contributed by atoms with E-state index in [-0.39, 0.29) is 17.7 Å². The summed E-state index contributed by atoms with van der Waals surface area (Å²) in [5.74, 6) is -1.86. The van der Waals surface area contributed by atoms with Crippen LogP contribution in [0.4, 0.5) is 5.69 Å². The number of nitrogens with zero attached hydrogens (tertiary/aromatic N) is 1. The maximum absolute atomic E-state index is 13.9. The summed E-state index contributed by atoms with van der Waals surface area (Å²) < 4.78 is 5.44. The average Bonchev–Trinajstić information content (AvgIpc) is 3.09. The molecule has 0 aromatic heterocycles. The van der Waals surface area contributed by atoms with Gasteiger partial charge in [-0.1, -0.05) is 60.7 Å². The van der Waals surface area contributed by atoms with E-state index in [1.807, 2.05) is 48.5 Å².